The maximum atomic E-state index is 13.2. The van der Waals surface area contributed by atoms with E-state index in [2.05, 4.69) is 0 Å². The highest BCUT2D eigenvalue weighted by atomic mass is 35.5. The molecule has 2 aromatic rings. The zero-order chi connectivity index (χ0) is 12.4. The van der Waals surface area contributed by atoms with Crippen molar-refractivity contribution in [2.24, 2.45) is 5.73 Å². The summed E-state index contributed by atoms with van der Waals surface area (Å²) in [4.78, 5) is 0. The second-order valence-corrected chi connectivity index (χ2v) is 4.46. The highest BCUT2D eigenvalue weighted by Crippen LogP contribution is 2.27. The van der Waals surface area contributed by atoms with Crippen molar-refractivity contribution in [2.45, 2.75) is 13.0 Å². The molecule has 0 heterocycles. The fourth-order valence-electron chi connectivity index (χ4n) is 1.80. The Hall–Kier alpha value is -1.38. The molecule has 0 amide bonds. The van der Waals surface area contributed by atoms with E-state index < -0.39 is 6.04 Å². The zero-order valence-electron chi connectivity index (χ0n) is 9.45. The van der Waals surface area contributed by atoms with Gasteiger partial charge in [-0.15, -0.1) is 0 Å². The minimum atomic E-state index is -0.405. The van der Waals surface area contributed by atoms with Crippen LogP contribution in [0.5, 0.6) is 0 Å². The van der Waals surface area contributed by atoms with Crippen LogP contribution >= 0.6 is 11.6 Å². The number of hydrogen-bond acceptors (Lipinski definition) is 1. The van der Waals surface area contributed by atoms with Gasteiger partial charge in [0.25, 0.3) is 0 Å². The largest absolute Gasteiger partial charge is 0.320 e. The maximum Gasteiger partial charge on any atom is 0.123 e. The quantitative estimate of drug-likeness (QED) is 0.860. The van der Waals surface area contributed by atoms with Crippen molar-refractivity contribution in [1.82, 2.24) is 0 Å². The van der Waals surface area contributed by atoms with E-state index in [0.29, 0.717) is 10.6 Å². The Bertz CT molecular complexity index is 539. The smallest absolute Gasteiger partial charge is 0.123 e. The van der Waals surface area contributed by atoms with Crippen molar-refractivity contribution in [2.75, 3.05) is 0 Å². The normalized spacial score (nSPS) is 12.5. The van der Waals surface area contributed by atoms with Gasteiger partial charge in [0.1, 0.15) is 5.82 Å². The first-order valence-corrected chi connectivity index (χ1v) is 5.73. The molecule has 1 nitrogen and oxygen atoms in total. The summed E-state index contributed by atoms with van der Waals surface area (Å²) in [6.45, 7) is 1.99. The van der Waals surface area contributed by atoms with Crippen LogP contribution in [0.4, 0.5) is 4.39 Å². The lowest BCUT2D eigenvalue weighted by atomic mass is 9.98. The van der Waals surface area contributed by atoms with Crippen LogP contribution in [-0.4, -0.2) is 0 Å². The molecule has 1 atom stereocenters. The van der Waals surface area contributed by atoms with Crippen LogP contribution in [0.3, 0.4) is 0 Å². The van der Waals surface area contributed by atoms with E-state index in [9.17, 15) is 4.39 Å². The molecular formula is C14H13ClFN. The summed E-state index contributed by atoms with van der Waals surface area (Å²) in [5.74, 6) is -0.326. The van der Waals surface area contributed by atoms with Crippen LogP contribution < -0.4 is 5.73 Å². The van der Waals surface area contributed by atoms with E-state index >= 15 is 0 Å². The molecule has 3 heteroatoms. The summed E-state index contributed by atoms with van der Waals surface area (Å²) in [5.41, 5.74) is 8.76. The van der Waals surface area contributed by atoms with E-state index in [1.165, 1.54) is 18.2 Å². The Morgan fingerprint density at radius 2 is 1.94 bits per heavy atom. The topological polar surface area (TPSA) is 26.0 Å². The molecule has 0 aliphatic carbocycles. The second kappa shape index (κ2) is 4.86. The predicted molar refractivity (Wildman–Crippen MR) is 68.6 cm³/mol. The fourth-order valence-corrected chi connectivity index (χ4v) is 2.03. The number of nitrogens with two attached hydrogens (primary N) is 1. The summed E-state index contributed by atoms with van der Waals surface area (Å²) in [7, 11) is 0. The van der Waals surface area contributed by atoms with E-state index in [1.54, 1.807) is 0 Å². The van der Waals surface area contributed by atoms with Crippen molar-refractivity contribution in [3.63, 3.8) is 0 Å². The molecule has 88 valence electrons. The van der Waals surface area contributed by atoms with Gasteiger partial charge in [-0.2, -0.15) is 0 Å². The van der Waals surface area contributed by atoms with Crippen LogP contribution in [0.15, 0.2) is 42.5 Å². The Balaban J connectivity index is 2.43. The van der Waals surface area contributed by atoms with Crippen LogP contribution in [0.25, 0.3) is 0 Å². The molecular weight excluding hydrogens is 237 g/mol. The first-order chi connectivity index (χ1) is 8.08. The molecule has 2 N–H and O–H groups in total. The third-order valence-electron chi connectivity index (χ3n) is 2.69. The number of benzene rings is 2. The van der Waals surface area contributed by atoms with Crippen LogP contribution in [0.1, 0.15) is 22.7 Å². The molecule has 0 radical (unpaired) electrons. The number of aryl methyl sites for hydroxylation is 1. The third-order valence-corrected chi connectivity index (χ3v) is 3.04. The average Bonchev–Trinajstić information content (AvgIpc) is 2.31. The Morgan fingerprint density at radius 1 is 1.18 bits per heavy atom. The van der Waals surface area contributed by atoms with E-state index in [4.69, 9.17) is 17.3 Å². The average molecular weight is 250 g/mol. The molecule has 17 heavy (non-hydrogen) atoms. The van der Waals surface area contributed by atoms with Crippen LogP contribution in [0.2, 0.25) is 5.02 Å². The maximum absolute atomic E-state index is 13.2. The van der Waals surface area contributed by atoms with E-state index in [-0.39, 0.29) is 5.82 Å². The molecule has 0 spiro atoms. The summed E-state index contributed by atoms with van der Waals surface area (Å²) >= 11 is 6.03. The second-order valence-electron chi connectivity index (χ2n) is 4.06. The molecule has 2 rings (SSSR count). The van der Waals surface area contributed by atoms with Gasteiger partial charge in [-0.25, -0.2) is 4.39 Å². The Kier molecular flexibility index (Phi) is 3.46. The van der Waals surface area contributed by atoms with E-state index in [0.717, 1.165) is 11.1 Å². The van der Waals surface area contributed by atoms with Crippen LogP contribution in [0, 0.1) is 12.7 Å². The molecule has 0 aromatic heterocycles. The molecule has 1 unspecified atom stereocenters. The Morgan fingerprint density at radius 3 is 2.65 bits per heavy atom. The van der Waals surface area contributed by atoms with Crippen LogP contribution in [-0.2, 0) is 0 Å². The molecule has 0 saturated carbocycles. The van der Waals surface area contributed by atoms with Gasteiger partial charge in [0.15, 0.2) is 0 Å². The standard InChI is InChI=1S/C14H13ClFN/c1-9-3-2-4-10(7-9)14(17)12-8-11(16)5-6-13(12)15/h2-8,14H,17H2,1H3. The zero-order valence-corrected chi connectivity index (χ0v) is 10.2. The van der Waals surface area contributed by atoms with Gasteiger partial charge >= 0.3 is 0 Å². The molecule has 2 aromatic carbocycles. The minimum Gasteiger partial charge on any atom is -0.320 e. The van der Waals surface area contributed by atoms with Crippen molar-refractivity contribution in [3.05, 3.63) is 70.0 Å². The predicted octanol–water partition coefficient (Wildman–Crippen LogP) is 3.84. The summed E-state index contributed by atoms with van der Waals surface area (Å²) in [5, 5.41) is 0.486. The number of halogens is 2. The third kappa shape index (κ3) is 2.65. The van der Waals surface area contributed by atoms with Crippen molar-refractivity contribution in [1.29, 1.82) is 0 Å². The number of rotatable bonds is 2. The molecule has 0 saturated heterocycles. The lowest BCUT2D eigenvalue weighted by Crippen LogP contribution is -2.12. The van der Waals surface area contributed by atoms with Crippen molar-refractivity contribution >= 4 is 11.6 Å². The summed E-state index contributed by atoms with van der Waals surface area (Å²) in [6.07, 6.45) is 0. The van der Waals surface area contributed by atoms with Gasteiger partial charge in [0.2, 0.25) is 0 Å². The van der Waals surface area contributed by atoms with Crippen molar-refractivity contribution in [3.8, 4) is 0 Å². The first-order valence-electron chi connectivity index (χ1n) is 5.35. The molecule has 0 aliphatic heterocycles. The molecule has 0 aliphatic rings. The lowest BCUT2D eigenvalue weighted by Gasteiger charge is -2.14. The molecule has 0 bridgehead atoms. The minimum absolute atomic E-state index is 0.326. The molecule has 0 fully saturated rings. The van der Waals surface area contributed by atoms with Gasteiger partial charge < -0.3 is 5.73 Å². The summed E-state index contributed by atoms with van der Waals surface area (Å²) < 4.78 is 13.2. The Labute approximate surface area is 105 Å². The van der Waals surface area contributed by atoms with Gasteiger partial charge in [-0.1, -0.05) is 41.4 Å². The van der Waals surface area contributed by atoms with Gasteiger partial charge in [-0.3, -0.25) is 0 Å². The fraction of sp³-hybridized carbons (Fsp3) is 0.143. The van der Waals surface area contributed by atoms with Crippen molar-refractivity contribution < 1.29 is 4.39 Å². The monoisotopic (exact) mass is 249 g/mol. The highest BCUT2D eigenvalue weighted by molar-refractivity contribution is 6.31. The van der Waals surface area contributed by atoms with Gasteiger partial charge in [0.05, 0.1) is 6.04 Å². The summed E-state index contributed by atoms with van der Waals surface area (Å²) in [6, 6.07) is 11.6. The lowest BCUT2D eigenvalue weighted by molar-refractivity contribution is 0.623. The first kappa shape index (κ1) is 12.1. The van der Waals surface area contributed by atoms with E-state index in [1.807, 2.05) is 31.2 Å². The highest BCUT2D eigenvalue weighted by Gasteiger charge is 2.13. The van der Waals surface area contributed by atoms with Gasteiger partial charge in [-0.05, 0) is 36.2 Å². The van der Waals surface area contributed by atoms with Gasteiger partial charge in [0, 0.05) is 5.02 Å². The SMILES string of the molecule is Cc1cccc(C(N)c2cc(F)ccc2Cl)c1. The number of hydrogen-bond donors (Lipinski definition) is 1.